The number of hydrogen-bond donors (Lipinski definition) is 3. The second-order valence-electron chi connectivity index (χ2n) is 6.88. The average molecular weight is 460 g/mol. The zero-order valence-electron chi connectivity index (χ0n) is 17.4. The van der Waals surface area contributed by atoms with Gasteiger partial charge in [0, 0.05) is 18.7 Å². The second kappa shape index (κ2) is 11.4. The molecule has 0 aliphatic heterocycles. The van der Waals surface area contributed by atoms with Gasteiger partial charge in [0.15, 0.2) is 6.10 Å². The number of nitrogen functional groups attached to an aromatic ring is 1. The van der Waals surface area contributed by atoms with Gasteiger partial charge in [0.1, 0.15) is 17.5 Å². The molecule has 8 heteroatoms. The van der Waals surface area contributed by atoms with Crippen molar-refractivity contribution < 1.29 is 18.3 Å². The Balaban J connectivity index is 0.00000363. The fourth-order valence-corrected chi connectivity index (χ4v) is 3.17. The molecule has 0 fully saturated rings. The van der Waals surface area contributed by atoms with E-state index in [2.05, 4.69) is 5.32 Å². The van der Waals surface area contributed by atoms with Gasteiger partial charge in [-0.15, -0.1) is 12.4 Å². The number of hydrogen-bond acceptors (Lipinski definition) is 3. The van der Waals surface area contributed by atoms with Gasteiger partial charge in [-0.1, -0.05) is 54.6 Å². The fourth-order valence-electron chi connectivity index (χ4n) is 3.17. The molecule has 3 aromatic rings. The summed E-state index contributed by atoms with van der Waals surface area (Å²) < 4.78 is 35.2. The van der Waals surface area contributed by atoms with Crippen LogP contribution in [0, 0.1) is 17.0 Å². The molecule has 0 aliphatic carbocycles. The van der Waals surface area contributed by atoms with Gasteiger partial charge in [0.05, 0.1) is 5.56 Å². The van der Waals surface area contributed by atoms with Crippen molar-refractivity contribution in [2.45, 2.75) is 19.6 Å². The largest absolute Gasteiger partial charge is 0.384 e. The van der Waals surface area contributed by atoms with Crippen LogP contribution in [0.3, 0.4) is 0 Å². The van der Waals surface area contributed by atoms with Crippen molar-refractivity contribution >= 4 is 24.1 Å². The van der Waals surface area contributed by atoms with Crippen molar-refractivity contribution in [3.63, 3.8) is 0 Å². The van der Waals surface area contributed by atoms with Gasteiger partial charge in [-0.3, -0.25) is 10.2 Å². The minimum absolute atomic E-state index is 0. The Morgan fingerprint density at radius 1 is 1.03 bits per heavy atom. The van der Waals surface area contributed by atoms with Gasteiger partial charge in [0.2, 0.25) is 0 Å². The molecule has 168 valence electrons. The molecule has 1 atom stereocenters. The molecule has 0 spiro atoms. The molecule has 3 aromatic carbocycles. The molecule has 32 heavy (non-hydrogen) atoms. The minimum atomic E-state index is -1.42. The summed E-state index contributed by atoms with van der Waals surface area (Å²) in [6, 6.07) is 18.0. The Labute approximate surface area is 191 Å². The molecular formula is C24H24ClF2N3O2. The van der Waals surface area contributed by atoms with Crippen molar-refractivity contribution in [1.82, 2.24) is 5.32 Å². The zero-order valence-corrected chi connectivity index (χ0v) is 18.2. The molecule has 5 nitrogen and oxygen atoms in total. The first-order valence-corrected chi connectivity index (χ1v) is 9.77. The van der Waals surface area contributed by atoms with Crippen molar-refractivity contribution in [2.24, 2.45) is 5.73 Å². The highest BCUT2D eigenvalue weighted by Gasteiger charge is 2.28. The number of rotatable bonds is 8. The number of amides is 1. The molecule has 1 amide bonds. The predicted molar refractivity (Wildman–Crippen MR) is 123 cm³/mol. The van der Waals surface area contributed by atoms with Gasteiger partial charge < -0.3 is 15.8 Å². The van der Waals surface area contributed by atoms with Crippen LogP contribution in [-0.2, 0) is 16.1 Å². The summed E-state index contributed by atoms with van der Waals surface area (Å²) in [6.45, 7) is 1.88. The average Bonchev–Trinajstić information content (AvgIpc) is 2.77. The third-order valence-corrected chi connectivity index (χ3v) is 4.75. The molecule has 0 heterocycles. The van der Waals surface area contributed by atoms with Crippen LogP contribution in [0.15, 0.2) is 66.7 Å². The monoisotopic (exact) mass is 459 g/mol. The van der Waals surface area contributed by atoms with Crippen LogP contribution in [0.4, 0.5) is 8.78 Å². The van der Waals surface area contributed by atoms with E-state index in [9.17, 15) is 13.6 Å². The van der Waals surface area contributed by atoms with Gasteiger partial charge >= 0.3 is 0 Å². The highest BCUT2D eigenvalue weighted by molar-refractivity contribution is 5.94. The first-order valence-electron chi connectivity index (χ1n) is 9.77. The maximum Gasteiger partial charge on any atom is 0.254 e. The summed E-state index contributed by atoms with van der Waals surface area (Å²) in [5.41, 5.74) is 7.35. The van der Waals surface area contributed by atoms with Crippen molar-refractivity contribution in [2.75, 3.05) is 6.61 Å². The fraction of sp³-hybridized carbons (Fsp3) is 0.167. The molecule has 0 bridgehead atoms. The number of ether oxygens (including phenoxy) is 1. The molecule has 3 rings (SSSR count). The van der Waals surface area contributed by atoms with E-state index in [1.54, 1.807) is 55.5 Å². The van der Waals surface area contributed by atoms with E-state index in [-0.39, 0.29) is 31.4 Å². The van der Waals surface area contributed by atoms with E-state index in [0.29, 0.717) is 16.7 Å². The van der Waals surface area contributed by atoms with E-state index in [0.717, 1.165) is 5.56 Å². The summed E-state index contributed by atoms with van der Waals surface area (Å²) >= 11 is 0. The van der Waals surface area contributed by atoms with Gasteiger partial charge in [-0.05, 0) is 35.7 Å². The molecule has 0 radical (unpaired) electrons. The summed E-state index contributed by atoms with van der Waals surface area (Å²) in [4.78, 5) is 12.7. The number of nitrogens with two attached hydrogens (primary N) is 1. The lowest BCUT2D eigenvalue weighted by molar-refractivity contribution is -0.133. The Morgan fingerprint density at radius 2 is 1.62 bits per heavy atom. The van der Waals surface area contributed by atoms with Gasteiger partial charge in [-0.25, -0.2) is 8.78 Å². The van der Waals surface area contributed by atoms with Crippen molar-refractivity contribution in [3.05, 3.63) is 95.1 Å². The van der Waals surface area contributed by atoms with Crippen molar-refractivity contribution in [3.8, 4) is 11.1 Å². The summed E-state index contributed by atoms with van der Waals surface area (Å²) in [5, 5.41) is 10.1. The SMILES string of the molecule is CCO[C@H](C(=O)NCc1ccc(C(=N)N)cc1)c1c(F)cc(-c2ccccc2)cc1F.Cl. The lowest BCUT2D eigenvalue weighted by Crippen LogP contribution is -2.31. The third-order valence-electron chi connectivity index (χ3n) is 4.75. The van der Waals surface area contributed by atoms with E-state index in [4.69, 9.17) is 15.9 Å². The summed E-state index contributed by atoms with van der Waals surface area (Å²) in [5.74, 6) is -2.41. The Kier molecular flexibility index (Phi) is 8.87. The first-order chi connectivity index (χ1) is 14.9. The Morgan fingerprint density at radius 3 is 2.16 bits per heavy atom. The number of halogens is 3. The van der Waals surface area contributed by atoms with Gasteiger partial charge in [-0.2, -0.15) is 0 Å². The molecule has 0 aromatic heterocycles. The maximum absolute atomic E-state index is 14.9. The quantitative estimate of drug-likeness (QED) is 0.336. The second-order valence-corrected chi connectivity index (χ2v) is 6.88. The Hall–Kier alpha value is -3.29. The molecular weight excluding hydrogens is 436 g/mol. The van der Waals surface area contributed by atoms with Crippen LogP contribution < -0.4 is 11.1 Å². The highest BCUT2D eigenvalue weighted by atomic mass is 35.5. The number of amidine groups is 1. The predicted octanol–water partition coefficient (Wildman–Crippen LogP) is 4.73. The van der Waals surface area contributed by atoms with Crippen LogP contribution >= 0.6 is 12.4 Å². The number of carbonyl (C=O) groups excluding carboxylic acids is 1. The molecule has 0 saturated carbocycles. The highest BCUT2D eigenvalue weighted by Crippen LogP contribution is 2.30. The Bertz CT molecular complexity index is 1050. The van der Waals surface area contributed by atoms with Crippen LogP contribution in [-0.4, -0.2) is 18.3 Å². The van der Waals surface area contributed by atoms with Crippen LogP contribution in [0.5, 0.6) is 0 Å². The molecule has 0 unspecified atom stereocenters. The normalized spacial score (nSPS) is 11.3. The number of carbonyl (C=O) groups is 1. The van der Waals surface area contributed by atoms with Crippen LogP contribution in [0.1, 0.15) is 29.7 Å². The maximum atomic E-state index is 14.9. The standard InChI is InChI=1S/C24H23F2N3O2.ClH/c1-2-31-22(24(30)29-14-15-8-10-17(11-9-15)23(27)28)21-19(25)12-18(13-20(21)26)16-6-4-3-5-7-16;/h3-13,22H,2,14H2,1H3,(H3,27,28)(H,29,30);1H/t22-;/m0./s1. The van der Waals surface area contributed by atoms with Crippen molar-refractivity contribution in [1.29, 1.82) is 5.41 Å². The topological polar surface area (TPSA) is 88.2 Å². The molecule has 4 N–H and O–H groups in total. The number of benzene rings is 3. The van der Waals surface area contributed by atoms with E-state index in [1.165, 1.54) is 12.1 Å². The summed E-state index contributed by atoms with van der Waals surface area (Å²) in [6.07, 6.45) is -1.42. The van der Waals surface area contributed by atoms with E-state index >= 15 is 0 Å². The smallest absolute Gasteiger partial charge is 0.254 e. The van der Waals surface area contributed by atoms with E-state index < -0.39 is 29.2 Å². The van der Waals surface area contributed by atoms with Gasteiger partial charge in [0.25, 0.3) is 5.91 Å². The minimum Gasteiger partial charge on any atom is -0.384 e. The van der Waals surface area contributed by atoms with E-state index in [1.807, 2.05) is 6.07 Å². The van der Waals surface area contributed by atoms with Crippen LogP contribution in [0.2, 0.25) is 0 Å². The lowest BCUT2D eigenvalue weighted by Gasteiger charge is -2.19. The first kappa shape index (κ1) is 25.0. The lowest BCUT2D eigenvalue weighted by atomic mass is 10.00. The number of nitrogens with one attached hydrogen (secondary N) is 2. The molecule has 0 saturated heterocycles. The van der Waals surface area contributed by atoms with Crippen LogP contribution in [0.25, 0.3) is 11.1 Å². The zero-order chi connectivity index (χ0) is 22.4. The summed E-state index contributed by atoms with van der Waals surface area (Å²) in [7, 11) is 0. The third kappa shape index (κ3) is 5.90. The molecule has 0 aliphatic rings.